The van der Waals surface area contributed by atoms with Crippen molar-refractivity contribution in [2.75, 3.05) is 6.54 Å². The van der Waals surface area contributed by atoms with E-state index in [1.54, 1.807) is 18.3 Å². The van der Waals surface area contributed by atoms with Crippen molar-refractivity contribution in [3.63, 3.8) is 0 Å². The molecule has 0 aliphatic heterocycles. The van der Waals surface area contributed by atoms with Crippen molar-refractivity contribution in [1.82, 2.24) is 25.5 Å². The fourth-order valence-electron chi connectivity index (χ4n) is 1.46. The molecular formula is C11H12ClN5O. The minimum Gasteiger partial charge on any atom is -0.352 e. The summed E-state index contributed by atoms with van der Waals surface area (Å²) in [6.07, 6.45) is 4.52. The fraction of sp³-hybridized carbons (Fsp3) is 0.273. The van der Waals surface area contributed by atoms with Crippen LogP contribution in [0, 0.1) is 0 Å². The van der Waals surface area contributed by atoms with Crippen LogP contribution in [0.4, 0.5) is 0 Å². The number of nitrogens with zero attached hydrogens (tertiary/aromatic N) is 3. The van der Waals surface area contributed by atoms with E-state index in [0.29, 0.717) is 12.1 Å². The largest absolute Gasteiger partial charge is 0.352 e. The van der Waals surface area contributed by atoms with E-state index in [-0.39, 0.29) is 11.1 Å². The van der Waals surface area contributed by atoms with Crippen LogP contribution in [0.2, 0.25) is 5.15 Å². The normalized spacial score (nSPS) is 10.3. The second-order valence-corrected chi connectivity index (χ2v) is 3.99. The third-order valence-electron chi connectivity index (χ3n) is 2.34. The Morgan fingerprint density at radius 3 is 3.06 bits per heavy atom. The molecule has 0 aliphatic rings. The van der Waals surface area contributed by atoms with Crippen LogP contribution in [0.5, 0.6) is 0 Å². The first-order valence-corrected chi connectivity index (χ1v) is 5.88. The van der Waals surface area contributed by atoms with Crippen LogP contribution in [0.3, 0.4) is 0 Å². The summed E-state index contributed by atoms with van der Waals surface area (Å²) in [5.74, 6) is 0.592. The van der Waals surface area contributed by atoms with E-state index in [4.69, 9.17) is 11.6 Å². The third-order valence-corrected chi connectivity index (χ3v) is 2.65. The summed E-state index contributed by atoms with van der Waals surface area (Å²) in [6, 6.07) is 3.32. The molecule has 18 heavy (non-hydrogen) atoms. The second kappa shape index (κ2) is 6.11. The molecule has 0 fully saturated rings. The molecule has 0 radical (unpaired) electrons. The van der Waals surface area contributed by atoms with Crippen LogP contribution in [0.15, 0.2) is 24.7 Å². The molecule has 2 heterocycles. The average Bonchev–Trinajstić information content (AvgIpc) is 2.88. The van der Waals surface area contributed by atoms with Gasteiger partial charge in [-0.2, -0.15) is 5.10 Å². The van der Waals surface area contributed by atoms with Gasteiger partial charge in [-0.3, -0.25) is 9.89 Å². The molecule has 7 heteroatoms. The highest BCUT2D eigenvalue weighted by Crippen LogP contribution is 2.10. The van der Waals surface area contributed by atoms with Crippen LogP contribution in [0.25, 0.3) is 0 Å². The number of aryl methyl sites for hydroxylation is 1. The predicted octanol–water partition coefficient (Wildman–Crippen LogP) is 1.22. The van der Waals surface area contributed by atoms with Crippen LogP contribution >= 0.6 is 11.6 Å². The van der Waals surface area contributed by atoms with Gasteiger partial charge < -0.3 is 5.32 Å². The molecule has 2 N–H and O–H groups in total. The molecule has 2 aromatic heterocycles. The number of pyridine rings is 1. The smallest absolute Gasteiger partial charge is 0.254 e. The first-order chi connectivity index (χ1) is 8.77. The minimum atomic E-state index is -0.217. The predicted molar refractivity (Wildman–Crippen MR) is 66.3 cm³/mol. The number of aromatic nitrogens is 4. The van der Waals surface area contributed by atoms with E-state index in [0.717, 1.165) is 18.7 Å². The van der Waals surface area contributed by atoms with E-state index in [1.165, 1.54) is 6.33 Å². The number of hydrogen-bond acceptors (Lipinski definition) is 4. The molecule has 0 aromatic carbocycles. The lowest BCUT2D eigenvalue weighted by Gasteiger charge is -2.05. The Labute approximate surface area is 109 Å². The molecule has 2 aromatic rings. The standard InChI is InChI=1S/C11H12ClN5O/c12-10-8(3-1-5-13-10)11(18)14-6-2-4-9-15-7-16-17-9/h1,3,5,7H,2,4,6H2,(H,14,18)(H,15,16,17). The fourth-order valence-corrected chi connectivity index (χ4v) is 1.66. The summed E-state index contributed by atoms with van der Waals surface area (Å²) >= 11 is 5.82. The molecule has 0 aliphatic carbocycles. The molecule has 0 spiro atoms. The SMILES string of the molecule is O=C(NCCCc1ncn[nH]1)c1cccnc1Cl. The summed E-state index contributed by atoms with van der Waals surface area (Å²) in [5, 5.41) is 9.50. The first-order valence-electron chi connectivity index (χ1n) is 5.50. The van der Waals surface area contributed by atoms with Crippen molar-refractivity contribution in [2.24, 2.45) is 0 Å². The summed E-state index contributed by atoms with van der Waals surface area (Å²) in [7, 11) is 0. The second-order valence-electron chi connectivity index (χ2n) is 3.63. The third kappa shape index (κ3) is 3.27. The number of amides is 1. The van der Waals surface area contributed by atoms with Gasteiger partial charge in [0.25, 0.3) is 5.91 Å². The first kappa shape index (κ1) is 12.5. The topological polar surface area (TPSA) is 83.6 Å². The lowest BCUT2D eigenvalue weighted by atomic mass is 10.2. The van der Waals surface area contributed by atoms with Gasteiger partial charge in [0.15, 0.2) is 0 Å². The molecule has 0 saturated carbocycles. The highest BCUT2D eigenvalue weighted by Gasteiger charge is 2.09. The maximum absolute atomic E-state index is 11.8. The van der Waals surface area contributed by atoms with Crippen molar-refractivity contribution in [3.8, 4) is 0 Å². The van der Waals surface area contributed by atoms with Crippen molar-refractivity contribution in [3.05, 3.63) is 41.2 Å². The number of halogens is 1. The molecule has 0 unspecified atom stereocenters. The highest BCUT2D eigenvalue weighted by atomic mass is 35.5. The van der Waals surface area contributed by atoms with Gasteiger partial charge in [0, 0.05) is 19.2 Å². The molecule has 6 nitrogen and oxygen atoms in total. The lowest BCUT2D eigenvalue weighted by molar-refractivity contribution is 0.0953. The van der Waals surface area contributed by atoms with Gasteiger partial charge in [-0.05, 0) is 18.6 Å². The Hall–Kier alpha value is -1.95. The molecule has 0 bridgehead atoms. The summed E-state index contributed by atoms with van der Waals surface area (Å²) in [5.41, 5.74) is 0.388. The zero-order chi connectivity index (χ0) is 12.8. The van der Waals surface area contributed by atoms with Gasteiger partial charge in [0.1, 0.15) is 17.3 Å². The Kier molecular flexibility index (Phi) is 4.25. The van der Waals surface area contributed by atoms with Gasteiger partial charge in [0.05, 0.1) is 5.56 Å². The quantitative estimate of drug-likeness (QED) is 0.629. The van der Waals surface area contributed by atoms with E-state index in [2.05, 4.69) is 25.5 Å². The summed E-state index contributed by atoms with van der Waals surface area (Å²) in [6.45, 7) is 0.546. The van der Waals surface area contributed by atoms with Gasteiger partial charge >= 0.3 is 0 Å². The number of rotatable bonds is 5. The number of hydrogen-bond donors (Lipinski definition) is 2. The van der Waals surface area contributed by atoms with E-state index in [9.17, 15) is 4.79 Å². The van der Waals surface area contributed by atoms with Crippen molar-refractivity contribution in [2.45, 2.75) is 12.8 Å². The number of carbonyl (C=O) groups is 1. The summed E-state index contributed by atoms with van der Waals surface area (Å²) in [4.78, 5) is 19.6. The lowest BCUT2D eigenvalue weighted by Crippen LogP contribution is -2.25. The van der Waals surface area contributed by atoms with Crippen LogP contribution in [-0.2, 0) is 6.42 Å². The molecule has 0 saturated heterocycles. The van der Waals surface area contributed by atoms with Crippen molar-refractivity contribution < 1.29 is 4.79 Å². The van der Waals surface area contributed by atoms with Gasteiger partial charge in [-0.1, -0.05) is 11.6 Å². The Balaban J connectivity index is 1.77. The maximum atomic E-state index is 11.8. The summed E-state index contributed by atoms with van der Waals surface area (Å²) < 4.78 is 0. The van der Waals surface area contributed by atoms with Gasteiger partial charge in [-0.15, -0.1) is 0 Å². The molecule has 1 amide bonds. The average molecular weight is 266 g/mol. The van der Waals surface area contributed by atoms with Crippen LogP contribution in [-0.4, -0.2) is 32.6 Å². The van der Waals surface area contributed by atoms with Gasteiger partial charge in [0.2, 0.25) is 0 Å². The Morgan fingerprint density at radius 2 is 2.33 bits per heavy atom. The maximum Gasteiger partial charge on any atom is 0.254 e. The number of carbonyl (C=O) groups excluding carboxylic acids is 1. The van der Waals surface area contributed by atoms with E-state index in [1.807, 2.05) is 0 Å². The number of H-pyrrole nitrogens is 1. The Bertz CT molecular complexity index is 514. The zero-order valence-electron chi connectivity index (χ0n) is 9.56. The van der Waals surface area contributed by atoms with Crippen molar-refractivity contribution >= 4 is 17.5 Å². The zero-order valence-corrected chi connectivity index (χ0v) is 10.3. The van der Waals surface area contributed by atoms with Crippen LogP contribution < -0.4 is 5.32 Å². The Morgan fingerprint density at radius 1 is 1.44 bits per heavy atom. The number of nitrogens with one attached hydrogen (secondary N) is 2. The minimum absolute atomic E-state index is 0.213. The molecule has 0 atom stereocenters. The van der Waals surface area contributed by atoms with E-state index >= 15 is 0 Å². The van der Waals surface area contributed by atoms with E-state index < -0.39 is 0 Å². The highest BCUT2D eigenvalue weighted by molar-refractivity contribution is 6.32. The molecule has 2 rings (SSSR count). The monoisotopic (exact) mass is 265 g/mol. The molecular weight excluding hydrogens is 254 g/mol. The number of aromatic amines is 1. The van der Waals surface area contributed by atoms with Crippen molar-refractivity contribution in [1.29, 1.82) is 0 Å². The van der Waals surface area contributed by atoms with Gasteiger partial charge in [-0.25, -0.2) is 9.97 Å². The van der Waals surface area contributed by atoms with Crippen LogP contribution in [0.1, 0.15) is 22.6 Å². The molecule has 94 valence electrons.